The summed E-state index contributed by atoms with van der Waals surface area (Å²) in [5, 5.41) is 12.0. The summed E-state index contributed by atoms with van der Waals surface area (Å²) in [6, 6.07) is 0.180. The molecule has 4 nitrogen and oxygen atoms in total. The number of amides is 1. The van der Waals surface area contributed by atoms with Crippen molar-refractivity contribution in [2.45, 2.75) is 38.1 Å². The second kappa shape index (κ2) is 5.64. The molecule has 2 aliphatic rings. The van der Waals surface area contributed by atoms with Gasteiger partial charge in [-0.05, 0) is 38.0 Å². The molecule has 1 heterocycles. The highest BCUT2D eigenvalue weighted by molar-refractivity contribution is 5.79. The maximum atomic E-state index is 11.9. The SMILES string of the molecule is O=C(NC(CCO)C1CC1)C1CCCOC1. The lowest BCUT2D eigenvalue weighted by Gasteiger charge is -2.24. The molecule has 4 heteroatoms. The smallest absolute Gasteiger partial charge is 0.225 e. The number of rotatable bonds is 5. The van der Waals surface area contributed by atoms with Crippen LogP contribution in [0.4, 0.5) is 0 Å². The van der Waals surface area contributed by atoms with Crippen molar-refractivity contribution in [3.05, 3.63) is 0 Å². The molecule has 1 aliphatic heterocycles. The van der Waals surface area contributed by atoms with Gasteiger partial charge in [0.25, 0.3) is 0 Å². The number of ether oxygens (including phenoxy) is 1. The molecule has 0 spiro atoms. The van der Waals surface area contributed by atoms with Crippen LogP contribution in [0.2, 0.25) is 0 Å². The Morgan fingerprint density at radius 1 is 1.44 bits per heavy atom. The number of aliphatic hydroxyl groups excluding tert-OH is 1. The largest absolute Gasteiger partial charge is 0.396 e. The van der Waals surface area contributed by atoms with Crippen LogP contribution in [-0.4, -0.2) is 36.9 Å². The molecule has 0 aromatic rings. The summed E-state index contributed by atoms with van der Waals surface area (Å²) in [4.78, 5) is 11.9. The molecule has 0 radical (unpaired) electrons. The van der Waals surface area contributed by atoms with E-state index in [2.05, 4.69) is 5.32 Å². The molecule has 1 aliphatic carbocycles. The average Bonchev–Trinajstić information content (AvgIpc) is 3.13. The summed E-state index contributed by atoms with van der Waals surface area (Å²) in [6.45, 7) is 1.50. The molecule has 0 aromatic carbocycles. The molecule has 0 bridgehead atoms. The lowest BCUT2D eigenvalue weighted by molar-refractivity contribution is -0.129. The summed E-state index contributed by atoms with van der Waals surface area (Å²) in [5.74, 6) is 0.736. The van der Waals surface area contributed by atoms with E-state index in [-0.39, 0.29) is 24.5 Å². The first kappa shape index (κ1) is 11.9. The van der Waals surface area contributed by atoms with Gasteiger partial charge in [0.2, 0.25) is 5.91 Å². The highest BCUT2D eigenvalue weighted by Gasteiger charge is 2.33. The predicted octanol–water partition coefficient (Wildman–Crippen LogP) is 0.690. The Bertz CT molecular complexity index is 234. The van der Waals surface area contributed by atoms with E-state index in [1.165, 1.54) is 12.8 Å². The van der Waals surface area contributed by atoms with Crippen LogP contribution in [0.15, 0.2) is 0 Å². The fourth-order valence-electron chi connectivity index (χ4n) is 2.31. The van der Waals surface area contributed by atoms with E-state index in [0.717, 1.165) is 19.4 Å². The molecule has 2 unspecified atom stereocenters. The molecular formula is C12H21NO3. The lowest BCUT2D eigenvalue weighted by Crippen LogP contribution is -2.43. The number of hydrogen-bond acceptors (Lipinski definition) is 3. The number of carbonyl (C=O) groups excluding carboxylic acids is 1. The van der Waals surface area contributed by atoms with Crippen molar-refractivity contribution in [1.82, 2.24) is 5.32 Å². The van der Waals surface area contributed by atoms with Crippen molar-refractivity contribution in [1.29, 1.82) is 0 Å². The Morgan fingerprint density at radius 2 is 2.25 bits per heavy atom. The summed E-state index contributed by atoms with van der Waals surface area (Å²) >= 11 is 0. The molecule has 1 saturated heterocycles. The Balaban J connectivity index is 1.79. The average molecular weight is 227 g/mol. The second-order valence-electron chi connectivity index (χ2n) is 4.88. The first-order chi connectivity index (χ1) is 7.81. The van der Waals surface area contributed by atoms with Gasteiger partial charge in [-0.25, -0.2) is 0 Å². The number of carbonyl (C=O) groups is 1. The van der Waals surface area contributed by atoms with Crippen LogP contribution < -0.4 is 5.32 Å². The van der Waals surface area contributed by atoms with Crippen molar-refractivity contribution in [2.75, 3.05) is 19.8 Å². The Labute approximate surface area is 96.4 Å². The predicted molar refractivity (Wildman–Crippen MR) is 59.9 cm³/mol. The number of nitrogens with one attached hydrogen (secondary N) is 1. The summed E-state index contributed by atoms with van der Waals surface area (Å²) in [6.07, 6.45) is 4.97. The van der Waals surface area contributed by atoms with E-state index in [1.807, 2.05) is 0 Å². The van der Waals surface area contributed by atoms with Crippen LogP contribution in [0.5, 0.6) is 0 Å². The van der Waals surface area contributed by atoms with E-state index < -0.39 is 0 Å². The van der Waals surface area contributed by atoms with Crippen LogP contribution in [0, 0.1) is 11.8 Å². The van der Waals surface area contributed by atoms with Gasteiger partial charge in [0.05, 0.1) is 12.5 Å². The van der Waals surface area contributed by atoms with E-state index in [4.69, 9.17) is 9.84 Å². The quantitative estimate of drug-likeness (QED) is 0.726. The fourth-order valence-corrected chi connectivity index (χ4v) is 2.31. The molecular weight excluding hydrogens is 206 g/mol. The zero-order chi connectivity index (χ0) is 11.4. The monoisotopic (exact) mass is 227 g/mol. The second-order valence-corrected chi connectivity index (χ2v) is 4.88. The minimum atomic E-state index is 0.0219. The van der Waals surface area contributed by atoms with Crippen molar-refractivity contribution in [3.63, 3.8) is 0 Å². The summed E-state index contributed by atoms with van der Waals surface area (Å²) in [7, 11) is 0. The molecule has 0 aromatic heterocycles. The van der Waals surface area contributed by atoms with Gasteiger partial charge in [-0.3, -0.25) is 4.79 Å². The first-order valence-corrected chi connectivity index (χ1v) is 6.30. The van der Waals surface area contributed by atoms with Crippen LogP contribution in [-0.2, 0) is 9.53 Å². The molecule has 92 valence electrons. The maximum Gasteiger partial charge on any atom is 0.225 e. The summed E-state index contributed by atoms with van der Waals surface area (Å²) in [5.41, 5.74) is 0. The zero-order valence-electron chi connectivity index (χ0n) is 9.65. The van der Waals surface area contributed by atoms with Gasteiger partial charge in [-0.1, -0.05) is 0 Å². The maximum absolute atomic E-state index is 11.9. The van der Waals surface area contributed by atoms with Crippen molar-refractivity contribution in [3.8, 4) is 0 Å². The number of aliphatic hydroxyl groups is 1. The third-order valence-corrected chi connectivity index (χ3v) is 3.49. The van der Waals surface area contributed by atoms with Gasteiger partial charge in [0.15, 0.2) is 0 Å². The first-order valence-electron chi connectivity index (χ1n) is 6.30. The van der Waals surface area contributed by atoms with Gasteiger partial charge in [0.1, 0.15) is 0 Å². The Kier molecular flexibility index (Phi) is 4.18. The van der Waals surface area contributed by atoms with Crippen molar-refractivity contribution >= 4 is 5.91 Å². The van der Waals surface area contributed by atoms with Crippen LogP contribution in [0.25, 0.3) is 0 Å². The highest BCUT2D eigenvalue weighted by atomic mass is 16.5. The zero-order valence-corrected chi connectivity index (χ0v) is 9.65. The van der Waals surface area contributed by atoms with Crippen LogP contribution >= 0.6 is 0 Å². The van der Waals surface area contributed by atoms with E-state index in [0.29, 0.717) is 18.9 Å². The minimum Gasteiger partial charge on any atom is -0.396 e. The molecule has 2 atom stereocenters. The summed E-state index contributed by atoms with van der Waals surface area (Å²) < 4.78 is 5.31. The normalized spacial score (nSPS) is 27.4. The van der Waals surface area contributed by atoms with Crippen LogP contribution in [0.1, 0.15) is 32.1 Å². The minimum absolute atomic E-state index is 0.0219. The molecule has 1 saturated carbocycles. The van der Waals surface area contributed by atoms with E-state index in [9.17, 15) is 4.79 Å². The van der Waals surface area contributed by atoms with Crippen molar-refractivity contribution in [2.24, 2.45) is 11.8 Å². The van der Waals surface area contributed by atoms with Gasteiger partial charge < -0.3 is 15.2 Å². The molecule has 2 N–H and O–H groups in total. The Hall–Kier alpha value is -0.610. The third kappa shape index (κ3) is 3.19. The third-order valence-electron chi connectivity index (χ3n) is 3.49. The van der Waals surface area contributed by atoms with Gasteiger partial charge in [-0.2, -0.15) is 0 Å². The molecule has 16 heavy (non-hydrogen) atoms. The highest BCUT2D eigenvalue weighted by Crippen LogP contribution is 2.34. The van der Waals surface area contributed by atoms with E-state index >= 15 is 0 Å². The van der Waals surface area contributed by atoms with Gasteiger partial charge in [-0.15, -0.1) is 0 Å². The van der Waals surface area contributed by atoms with E-state index in [1.54, 1.807) is 0 Å². The standard InChI is InChI=1S/C12H21NO3/c14-6-5-11(9-3-4-9)13-12(15)10-2-1-7-16-8-10/h9-11,14H,1-8H2,(H,13,15). The fraction of sp³-hybridized carbons (Fsp3) is 0.917. The Morgan fingerprint density at radius 3 is 2.81 bits per heavy atom. The molecule has 1 amide bonds. The molecule has 2 rings (SSSR count). The molecule has 2 fully saturated rings. The number of hydrogen-bond donors (Lipinski definition) is 2. The van der Waals surface area contributed by atoms with Crippen molar-refractivity contribution < 1.29 is 14.6 Å². The topological polar surface area (TPSA) is 58.6 Å². The van der Waals surface area contributed by atoms with Crippen LogP contribution in [0.3, 0.4) is 0 Å². The van der Waals surface area contributed by atoms with Gasteiger partial charge in [0, 0.05) is 19.3 Å². The van der Waals surface area contributed by atoms with Gasteiger partial charge >= 0.3 is 0 Å². The lowest BCUT2D eigenvalue weighted by atomic mass is 10.00.